The number of carbonyl (C=O) groups excluding carboxylic acids is 1. The van der Waals surface area contributed by atoms with E-state index in [1.165, 1.54) is 56.1 Å². The van der Waals surface area contributed by atoms with Gasteiger partial charge in [-0.05, 0) is 37.2 Å². The molecule has 2 rings (SSSR count). The molecule has 2 nitrogen and oxygen atoms in total. The molecule has 0 N–H and O–H groups in total. The Morgan fingerprint density at radius 3 is 2.84 bits per heavy atom. The lowest BCUT2D eigenvalue weighted by Crippen LogP contribution is -2.10. The maximum absolute atomic E-state index is 10.7. The third-order valence-electron chi connectivity index (χ3n) is 4.07. The van der Waals surface area contributed by atoms with Crippen LogP contribution in [0.2, 0.25) is 0 Å². The predicted molar refractivity (Wildman–Crippen MR) is 76.4 cm³/mol. The van der Waals surface area contributed by atoms with Crippen molar-refractivity contribution in [3.8, 4) is 5.75 Å². The molecule has 1 aromatic rings. The number of ether oxygens (including phenoxy) is 1. The Balaban J connectivity index is 2.30. The fraction of sp³-hybridized carbons (Fsp3) is 0.588. The SMILES string of the molecule is CCCCc1cc[c]c(OC=O)c1C1CCCCC1. The monoisotopic (exact) mass is 259 g/mol. The zero-order valence-corrected chi connectivity index (χ0v) is 11.8. The number of aryl methyl sites for hydroxylation is 1. The van der Waals surface area contributed by atoms with Crippen LogP contribution in [0.15, 0.2) is 12.1 Å². The summed E-state index contributed by atoms with van der Waals surface area (Å²) in [6.07, 6.45) is 9.78. The lowest BCUT2D eigenvalue weighted by molar-refractivity contribution is -0.120. The molecule has 2 heteroatoms. The van der Waals surface area contributed by atoms with Gasteiger partial charge in [0.1, 0.15) is 5.75 Å². The molecule has 1 aromatic carbocycles. The summed E-state index contributed by atoms with van der Waals surface area (Å²) >= 11 is 0. The molecule has 0 atom stereocenters. The lowest BCUT2D eigenvalue weighted by Gasteiger charge is -2.25. The fourth-order valence-electron chi connectivity index (χ4n) is 3.10. The first-order valence-electron chi connectivity index (χ1n) is 7.50. The number of hydrogen-bond donors (Lipinski definition) is 0. The van der Waals surface area contributed by atoms with Gasteiger partial charge >= 0.3 is 0 Å². The highest BCUT2D eigenvalue weighted by molar-refractivity contribution is 5.51. The van der Waals surface area contributed by atoms with Crippen LogP contribution in [0.4, 0.5) is 0 Å². The van der Waals surface area contributed by atoms with Gasteiger partial charge in [-0.15, -0.1) is 0 Å². The normalized spacial score (nSPS) is 16.3. The van der Waals surface area contributed by atoms with Crippen LogP contribution >= 0.6 is 0 Å². The van der Waals surface area contributed by atoms with Crippen molar-refractivity contribution < 1.29 is 9.53 Å². The van der Waals surface area contributed by atoms with Gasteiger partial charge in [-0.1, -0.05) is 44.7 Å². The quantitative estimate of drug-likeness (QED) is 0.707. The Kier molecular flexibility index (Phi) is 5.44. The molecule has 1 radical (unpaired) electrons. The highest BCUT2D eigenvalue weighted by Gasteiger charge is 2.22. The van der Waals surface area contributed by atoms with Crippen LogP contribution in [0.25, 0.3) is 0 Å². The van der Waals surface area contributed by atoms with E-state index in [9.17, 15) is 4.79 Å². The molecule has 0 heterocycles. The van der Waals surface area contributed by atoms with Gasteiger partial charge in [0.05, 0.1) is 0 Å². The van der Waals surface area contributed by atoms with E-state index < -0.39 is 0 Å². The molecule has 0 unspecified atom stereocenters. The third kappa shape index (κ3) is 3.59. The molecule has 0 amide bonds. The van der Waals surface area contributed by atoms with E-state index in [0.29, 0.717) is 18.1 Å². The molecule has 1 fully saturated rings. The van der Waals surface area contributed by atoms with Gasteiger partial charge in [0.2, 0.25) is 0 Å². The Morgan fingerprint density at radius 2 is 2.16 bits per heavy atom. The van der Waals surface area contributed by atoms with Crippen molar-refractivity contribution in [1.29, 1.82) is 0 Å². The average molecular weight is 259 g/mol. The van der Waals surface area contributed by atoms with Crippen molar-refractivity contribution in [2.24, 2.45) is 0 Å². The minimum atomic E-state index is 0.530. The fourth-order valence-corrected chi connectivity index (χ4v) is 3.10. The van der Waals surface area contributed by atoms with Crippen LogP contribution in [-0.4, -0.2) is 6.47 Å². The van der Waals surface area contributed by atoms with Crippen LogP contribution in [0.1, 0.15) is 68.9 Å². The lowest BCUT2D eigenvalue weighted by atomic mass is 9.81. The van der Waals surface area contributed by atoms with Crippen molar-refractivity contribution >= 4 is 6.47 Å². The molecular formula is C17H23O2. The van der Waals surface area contributed by atoms with Crippen molar-refractivity contribution in [1.82, 2.24) is 0 Å². The Labute approximate surface area is 116 Å². The van der Waals surface area contributed by atoms with Gasteiger partial charge in [-0.2, -0.15) is 0 Å². The number of benzene rings is 1. The summed E-state index contributed by atoms with van der Waals surface area (Å²) < 4.78 is 5.17. The van der Waals surface area contributed by atoms with E-state index in [2.05, 4.69) is 19.1 Å². The van der Waals surface area contributed by atoms with Gasteiger partial charge < -0.3 is 4.74 Å². The zero-order chi connectivity index (χ0) is 13.5. The topological polar surface area (TPSA) is 26.3 Å². The number of hydrogen-bond acceptors (Lipinski definition) is 2. The maximum atomic E-state index is 10.7. The van der Waals surface area contributed by atoms with E-state index in [1.54, 1.807) is 0 Å². The second-order valence-corrected chi connectivity index (χ2v) is 5.40. The molecule has 0 spiro atoms. The summed E-state index contributed by atoms with van der Waals surface area (Å²) in [6.45, 7) is 2.74. The van der Waals surface area contributed by atoms with E-state index in [4.69, 9.17) is 4.74 Å². The molecule has 103 valence electrons. The first-order valence-corrected chi connectivity index (χ1v) is 7.50. The number of carbonyl (C=O) groups is 1. The summed E-state index contributed by atoms with van der Waals surface area (Å²) in [6, 6.07) is 7.13. The highest BCUT2D eigenvalue weighted by Crippen LogP contribution is 2.39. The van der Waals surface area contributed by atoms with Crippen LogP contribution in [0.5, 0.6) is 5.75 Å². The zero-order valence-electron chi connectivity index (χ0n) is 11.8. The van der Waals surface area contributed by atoms with Crippen molar-refractivity contribution in [2.45, 2.75) is 64.2 Å². The average Bonchev–Trinajstić information content (AvgIpc) is 2.46. The predicted octanol–water partition coefficient (Wildman–Crippen LogP) is 4.41. The largest absolute Gasteiger partial charge is 0.428 e. The van der Waals surface area contributed by atoms with Gasteiger partial charge in [-0.3, -0.25) is 4.79 Å². The second-order valence-electron chi connectivity index (χ2n) is 5.40. The van der Waals surface area contributed by atoms with Crippen LogP contribution in [-0.2, 0) is 11.2 Å². The van der Waals surface area contributed by atoms with Crippen LogP contribution in [0, 0.1) is 6.07 Å². The molecule has 1 aliphatic rings. The molecule has 0 aromatic heterocycles. The highest BCUT2D eigenvalue weighted by atomic mass is 16.5. The standard InChI is InChI=1S/C17H23O2/c1-2-3-8-14-11-7-12-16(19-13-18)17(14)15-9-5-4-6-10-15/h7,11,13,15H,2-6,8-10H2,1H3. The molecule has 1 aliphatic carbocycles. The van der Waals surface area contributed by atoms with Crippen LogP contribution < -0.4 is 4.74 Å². The second kappa shape index (κ2) is 7.32. The van der Waals surface area contributed by atoms with E-state index in [1.807, 2.05) is 6.07 Å². The van der Waals surface area contributed by atoms with Crippen molar-refractivity contribution in [2.75, 3.05) is 0 Å². The van der Waals surface area contributed by atoms with Crippen molar-refractivity contribution in [3.63, 3.8) is 0 Å². The van der Waals surface area contributed by atoms with Crippen molar-refractivity contribution in [3.05, 3.63) is 29.3 Å². The summed E-state index contributed by atoms with van der Waals surface area (Å²) in [5.41, 5.74) is 2.60. The van der Waals surface area contributed by atoms with E-state index in [-0.39, 0.29) is 0 Å². The van der Waals surface area contributed by atoms with Crippen LogP contribution in [0.3, 0.4) is 0 Å². The molecule has 0 aliphatic heterocycles. The Bertz CT molecular complexity index is 406. The first-order chi connectivity index (χ1) is 9.36. The summed E-state index contributed by atoms with van der Waals surface area (Å²) in [5.74, 6) is 1.21. The number of unbranched alkanes of at least 4 members (excludes halogenated alkanes) is 1. The Hall–Kier alpha value is -1.31. The smallest absolute Gasteiger partial charge is 0.298 e. The van der Waals surface area contributed by atoms with Gasteiger partial charge in [-0.25, -0.2) is 0 Å². The summed E-state index contributed by atoms with van der Waals surface area (Å²) in [4.78, 5) is 10.7. The van der Waals surface area contributed by atoms with Gasteiger partial charge in [0.15, 0.2) is 0 Å². The van der Waals surface area contributed by atoms with Gasteiger partial charge in [0, 0.05) is 11.6 Å². The third-order valence-corrected chi connectivity index (χ3v) is 4.07. The molecule has 1 saturated carbocycles. The maximum Gasteiger partial charge on any atom is 0.298 e. The Morgan fingerprint density at radius 1 is 1.37 bits per heavy atom. The number of rotatable bonds is 6. The van der Waals surface area contributed by atoms with E-state index >= 15 is 0 Å². The summed E-state index contributed by atoms with van der Waals surface area (Å²) in [7, 11) is 0. The summed E-state index contributed by atoms with van der Waals surface area (Å²) in [5, 5.41) is 0. The molecular weight excluding hydrogens is 236 g/mol. The molecule has 0 bridgehead atoms. The minimum Gasteiger partial charge on any atom is -0.428 e. The molecule has 19 heavy (non-hydrogen) atoms. The molecule has 0 saturated heterocycles. The minimum absolute atomic E-state index is 0.530. The van der Waals surface area contributed by atoms with Gasteiger partial charge in [0.25, 0.3) is 6.47 Å². The van der Waals surface area contributed by atoms with E-state index in [0.717, 1.165) is 6.42 Å². The first kappa shape index (κ1) is 14.1.